The highest BCUT2D eigenvalue weighted by Crippen LogP contribution is 2.29. The third kappa shape index (κ3) is 5.38. The molecule has 4 nitrogen and oxygen atoms in total. The number of carbonyl (C=O) groups is 1. The van der Waals surface area contributed by atoms with Gasteiger partial charge in [-0.1, -0.05) is 58.4 Å². The molecule has 2 aromatic carbocycles. The monoisotopic (exact) mass is 483 g/mol. The number of likely N-dealkylation sites (N-methyl/N-ethyl adjacent to an activating group) is 1. The molecule has 1 aromatic heterocycles. The summed E-state index contributed by atoms with van der Waals surface area (Å²) in [6.07, 6.45) is 0. The smallest absolute Gasteiger partial charge is 0.261 e. The van der Waals surface area contributed by atoms with Gasteiger partial charge >= 0.3 is 0 Å². The first-order chi connectivity index (χ1) is 14.6. The number of nitrogens with one attached hydrogen (secondary N) is 1. The number of halogens is 1. The standard InChI is InChI=1S/C24H26BrN3OS/c1-27-13-15-28(16-14-27)17-21(18-5-3-2-4-6-18)26-24(29)23-12-11-22(30-23)19-7-9-20(25)10-8-19/h2-12,21H,13-17H2,1H3,(H,26,29). The van der Waals surface area contributed by atoms with Crippen molar-refractivity contribution in [2.24, 2.45) is 0 Å². The molecule has 1 aliphatic rings. The Morgan fingerprint density at radius 2 is 1.70 bits per heavy atom. The molecule has 1 fully saturated rings. The predicted molar refractivity (Wildman–Crippen MR) is 128 cm³/mol. The average molecular weight is 484 g/mol. The van der Waals surface area contributed by atoms with Gasteiger partial charge in [0.25, 0.3) is 5.91 Å². The number of hydrogen-bond acceptors (Lipinski definition) is 4. The van der Waals surface area contributed by atoms with Crippen molar-refractivity contribution in [3.63, 3.8) is 0 Å². The van der Waals surface area contributed by atoms with E-state index in [1.807, 2.05) is 42.5 Å². The quantitative estimate of drug-likeness (QED) is 0.541. The van der Waals surface area contributed by atoms with Gasteiger partial charge in [0.15, 0.2) is 0 Å². The van der Waals surface area contributed by atoms with Crippen molar-refractivity contribution in [2.75, 3.05) is 39.8 Å². The molecule has 30 heavy (non-hydrogen) atoms. The number of amides is 1. The number of nitrogens with zero attached hydrogens (tertiary/aromatic N) is 2. The summed E-state index contributed by atoms with van der Waals surface area (Å²) in [4.78, 5) is 19.7. The lowest BCUT2D eigenvalue weighted by atomic mass is 10.1. The van der Waals surface area contributed by atoms with Crippen molar-refractivity contribution >= 4 is 33.2 Å². The van der Waals surface area contributed by atoms with E-state index in [9.17, 15) is 4.79 Å². The molecule has 0 saturated carbocycles. The number of rotatable bonds is 6. The maximum absolute atomic E-state index is 13.1. The highest BCUT2D eigenvalue weighted by atomic mass is 79.9. The van der Waals surface area contributed by atoms with Crippen LogP contribution in [0.25, 0.3) is 10.4 Å². The fourth-order valence-corrected chi connectivity index (χ4v) is 4.85. The van der Waals surface area contributed by atoms with Crippen LogP contribution in [0, 0.1) is 0 Å². The fourth-order valence-electron chi connectivity index (χ4n) is 3.67. The van der Waals surface area contributed by atoms with Crippen molar-refractivity contribution in [3.8, 4) is 10.4 Å². The van der Waals surface area contributed by atoms with E-state index in [1.54, 1.807) is 0 Å². The van der Waals surface area contributed by atoms with Gasteiger partial charge in [0.05, 0.1) is 10.9 Å². The second-order valence-electron chi connectivity index (χ2n) is 7.71. The first-order valence-electron chi connectivity index (χ1n) is 10.2. The Kier molecular flexibility index (Phi) is 7.00. The number of carbonyl (C=O) groups excluding carboxylic acids is 1. The Morgan fingerprint density at radius 3 is 2.40 bits per heavy atom. The number of piperazine rings is 1. The predicted octanol–water partition coefficient (Wildman–Crippen LogP) is 4.90. The van der Waals surface area contributed by atoms with Crippen LogP contribution in [-0.2, 0) is 0 Å². The summed E-state index contributed by atoms with van der Waals surface area (Å²) < 4.78 is 1.05. The summed E-state index contributed by atoms with van der Waals surface area (Å²) in [6, 6.07) is 22.4. The third-order valence-electron chi connectivity index (χ3n) is 5.50. The molecular formula is C24H26BrN3OS. The van der Waals surface area contributed by atoms with Gasteiger partial charge in [0.2, 0.25) is 0 Å². The summed E-state index contributed by atoms with van der Waals surface area (Å²) in [7, 11) is 2.16. The zero-order valence-electron chi connectivity index (χ0n) is 17.1. The molecule has 4 rings (SSSR count). The summed E-state index contributed by atoms with van der Waals surface area (Å²) in [5, 5.41) is 3.29. The summed E-state index contributed by atoms with van der Waals surface area (Å²) in [5.41, 5.74) is 2.27. The molecule has 2 heterocycles. The van der Waals surface area contributed by atoms with E-state index >= 15 is 0 Å². The molecule has 1 saturated heterocycles. The Bertz CT molecular complexity index is 966. The van der Waals surface area contributed by atoms with Crippen molar-refractivity contribution in [3.05, 3.63) is 81.6 Å². The van der Waals surface area contributed by atoms with E-state index in [1.165, 1.54) is 11.3 Å². The molecule has 1 aliphatic heterocycles. The summed E-state index contributed by atoms with van der Waals surface area (Å²) in [6.45, 7) is 5.02. The van der Waals surface area contributed by atoms with Gasteiger partial charge in [-0.05, 0) is 42.4 Å². The van der Waals surface area contributed by atoms with Gasteiger partial charge in [0, 0.05) is 42.1 Å². The van der Waals surface area contributed by atoms with Crippen molar-refractivity contribution in [1.29, 1.82) is 0 Å². The van der Waals surface area contributed by atoms with Crippen LogP contribution >= 0.6 is 27.3 Å². The Balaban J connectivity index is 1.48. The molecule has 1 atom stereocenters. The van der Waals surface area contributed by atoms with Gasteiger partial charge in [-0.25, -0.2) is 0 Å². The van der Waals surface area contributed by atoms with E-state index in [-0.39, 0.29) is 11.9 Å². The van der Waals surface area contributed by atoms with E-state index in [2.05, 4.69) is 62.4 Å². The van der Waals surface area contributed by atoms with Crippen LogP contribution in [0.1, 0.15) is 21.3 Å². The highest BCUT2D eigenvalue weighted by Gasteiger charge is 2.22. The molecule has 1 N–H and O–H groups in total. The SMILES string of the molecule is CN1CCN(CC(NC(=O)c2ccc(-c3ccc(Br)cc3)s2)c2ccccc2)CC1. The minimum absolute atomic E-state index is 0.00802. The highest BCUT2D eigenvalue weighted by molar-refractivity contribution is 9.10. The Morgan fingerprint density at radius 1 is 1.00 bits per heavy atom. The van der Waals surface area contributed by atoms with Gasteiger partial charge in [-0.3, -0.25) is 9.69 Å². The van der Waals surface area contributed by atoms with Crippen molar-refractivity contribution in [1.82, 2.24) is 15.1 Å². The molecule has 0 aliphatic carbocycles. The maximum Gasteiger partial charge on any atom is 0.261 e. The summed E-state index contributed by atoms with van der Waals surface area (Å²) in [5.74, 6) is -0.00802. The molecule has 0 radical (unpaired) electrons. The molecule has 1 unspecified atom stereocenters. The van der Waals surface area contributed by atoms with Crippen LogP contribution in [-0.4, -0.2) is 55.5 Å². The number of benzene rings is 2. The molecule has 1 amide bonds. The van der Waals surface area contributed by atoms with Crippen LogP contribution < -0.4 is 5.32 Å². The van der Waals surface area contributed by atoms with Crippen LogP contribution in [0.4, 0.5) is 0 Å². The first kappa shape index (κ1) is 21.2. The number of hydrogen-bond donors (Lipinski definition) is 1. The maximum atomic E-state index is 13.1. The molecule has 6 heteroatoms. The first-order valence-corrected chi connectivity index (χ1v) is 11.8. The van der Waals surface area contributed by atoms with Crippen LogP contribution in [0.5, 0.6) is 0 Å². The van der Waals surface area contributed by atoms with Gasteiger partial charge in [-0.2, -0.15) is 0 Å². The topological polar surface area (TPSA) is 35.6 Å². The van der Waals surface area contributed by atoms with Gasteiger partial charge in [0.1, 0.15) is 0 Å². The minimum Gasteiger partial charge on any atom is -0.343 e. The van der Waals surface area contributed by atoms with Gasteiger partial charge < -0.3 is 10.2 Å². The second kappa shape index (κ2) is 9.88. The van der Waals surface area contributed by atoms with E-state index in [4.69, 9.17) is 0 Å². The number of thiophene rings is 1. The van der Waals surface area contributed by atoms with Crippen LogP contribution in [0.2, 0.25) is 0 Å². The molecule has 0 bridgehead atoms. The van der Waals surface area contributed by atoms with E-state index in [0.29, 0.717) is 0 Å². The zero-order chi connectivity index (χ0) is 20.9. The molecule has 0 spiro atoms. The lowest BCUT2D eigenvalue weighted by Gasteiger charge is -2.35. The summed E-state index contributed by atoms with van der Waals surface area (Å²) >= 11 is 5.01. The zero-order valence-corrected chi connectivity index (χ0v) is 19.5. The molecule has 156 valence electrons. The van der Waals surface area contributed by atoms with E-state index in [0.717, 1.165) is 58.1 Å². The lowest BCUT2D eigenvalue weighted by molar-refractivity contribution is 0.0911. The lowest BCUT2D eigenvalue weighted by Crippen LogP contribution is -2.47. The molecular weight excluding hydrogens is 458 g/mol. The Labute approximate surface area is 190 Å². The second-order valence-corrected chi connectivity index (χ2v) is 9.71. The largest absolute Gasteiger partial charge is 0.343 e. The van der Waals surface area contributed by atoms with Crippen LogP contribution in [0.15, 0.2) is 71.2 Å². The minimum atomic E-state index is -0.0275. The van der Waals surface area contributed by atoms with E-state index < -0.39 is 0 Å². The van der Waals surface area contributed by atoms with Crippen LogP contribution in [0.3, 0.4) is 0 Å². The molecule has 3 aromatic rings. The average Bonchev–Trinajstić information content (AvgIpc) is 3.26. The normalized spacial score (nSPS) is 16.3. The van der Waals surface area contributed by atoms with Crippen molar-refractivity contribution in [2.45, 2.75) is 6.04 Å². The third-order valence-corrected chi connectivity index (χ3v) is 7.16. The van der Waals surface area contributed by atoms with Gasteiger partial charge in [-0.15, -0.1) is 11.3 Å². The fraction of sp³-hybridized carbons (Fsp3) is 0.292. The van der Waals surface area contributed by atoms with Crippen molar-refractivity contribution < 1.29 is 4.79 Å². The Hall–Kier alpha value is -1.99.